The van der Waals surface area contributed by atoms with Gasteiger partial charge in [0.25, 0.3) is 0 Å². The van der Waals surface area contributed by atoms with Crippen molar-refractivity contribution in [3.63, 3.8) is 0 Å². The fourth-order valence-electron chi connectivity index (χ4n) is 1.86. The number of nitrogens with zero attached hydrogens (tertiary/aromatic N) is 4. The van der Waals surface area contributed by atoms with E-state index in [1.54, 1.807) is 0 Å². The Morgan fingerprint density at radius 1 is 0.739 bits per heavy atom. The predicted molar refractivity (Wildman–Crippen MR) is 90.7 cm³/mol. The summed E-state index contributed by atoms with van der Waals surface area (Å²) in [5, 5.41) is 17.4. The summed E-state index contributed by atoms with van der Waals surface area (Å²) in [6.07, 6.45) is 0. The molecule has 7 heteroatoms. The van der Waals surface area contributed by atoms with E-state index in [9.17, 15) is 0 Å². The number of thiocyanates is 1. The van der Waals surface area contributed by atoms with Crippen molar-refractivity contribution in [3.8, 4) is 5.40 Å². The molecule has 6 nitrogen and oxygen atoms in total. The smallest absolute Gasteiger partial charge is 0.233 e. The van der Waals surface area contributed by atoms with Gasteiger partial charge in [-0.2, -0.15) is 20.2 Å². The SMILES string of the molecule is N#CSc1nc(Nc2ccccc2)nc(Nc2ccccc2)n1. The fraction of sp³-hybridized carbons (Fsp3) is 0. The fourth-order valence-corrected chi connectivity index (χ4v) is 2.20. The maximum atomic E-state index is 8.85. The molecule has 0 amide bonds. The molecule has 3 rings (SSSR count). The van der Waals surface area contributed by atoms with Crippen molar-refractivity contribution in [1.82, 2.24) is 15.0 Å². The summed E-state index contributed by atoms with van der Waals surface area (Å²) in [5.74, 6) is 0.754. The molecule has 0 spiro atoms. The highest BCUT2D eigenvalue weighted by Gasteiger charge is 2.08. The standard InChI is InChI=1S/C16H12N6S/c17-11-23-16-21-14(18-12-7-3-1-4-8-12)20-15(22-16)19-13-9-5-2-6-10-13/h1-10H,(H2,18,19,20,21,22). The van der Waals surface area contributed by atoms with Crippen LogP contribution in [0.5, 0.6) is 0 Å². The van der Waals surface area contributed by atoms with Crippen molar-refractivity contribution in [3.05, 3.63) is 60.7 Å². The summed E-state index contributed by atoms with van der Waals surface area (Å²) < 4.78 is 0. The van der Waals surface area contributed by atoms with E-state index in [0.717, 1.165) is 23.1 Å². The first-order valence-corrected chi connectivity index (χ1v) is 7.61. The van der Waals surface area contributed by atoms with E-state index in [1.807, 2.05) is 66.1 Å². The molecule has 1 aromatic heterocycles. The maximum absolute atomic E-state index is 8.85. The van der Waals surface area contributed by atoms with E-state index in [4.69, 9.17) is 5.26 Å². The quantitative estimate of drug-likeness (QED) is 0.544. The molecule has 0 atom stereocenters. The molecule has 0 aliphatic carbocycles. The van der Waals surface area contributed by atoms with Crippen LogP contribution in [0.2, 0.25) is 0 Å². The molecular weight excluding hydrogens is 308 g/mol. The zero-order valence-electron chi connectivity index (χ0n) is 12.0. The van der Waals surface area contributed by atoms with E-state index in [-0.39, 0.29) is 0 Å². The third kappa shape index (κ3) is 4.18. The summed E-state index contributed by atoms with van der Waals surface area (Å²) >= 11 is 0.888. The molecule has 0 fully saturated rings. The summed E-state index contributed by atoms with van der Waals surface area (Å²) in [5.41, 5.74) is 1.72. The van der Waals surface area contributed by atoms with Crippen LogP contribution < -0.4 is 10.6 Å². The van der Waals surface area contributed by atoms with Crippen molar-refractivity contribution in [2.45, 2.75) is 5.16 Å². The molecule has 0 saturated carbocycles. The average Bonchev–Trinajstić information content (AvgIpc) is 2.57. The average molecular weight is 320 g/mol. The van der Waals surface area contributed by atoms with Gasteiger partial charge in [-0.05, 0) is 24.3 Å². The van der Waals surface area contributed by atoms with Crippen LogP contribution in [0.1, 0.15) is 0 Å². The van der Waals surface area contributed by atoms with E-state index < -0.39 is 0 Å². The van der Waals surface area contributed by atoms with Crippen molar-refractivity contribution >= 4 is 35.0 Å². The third-order valence-electron chi connectivity index (χ3n) is 2.81. The van der Waals surface area contributed by atoms with Gasteiger partial charge in [0, 0.05) is 23.1 Å². The van der Waals surface area contributed by atoms with Crippen LogP contribution in [0.4, 0.5) is 23.3 Å². The Morgan fingerprint density at radius 3 is 1.65 bits per heavy atom. The van der Waals surface area contributed by atoms with E-state index in [0.29, 0.717) is 17.1 Å². The first-order valence-electron chi connectivity index (χ1n) is 6.79. The Balaban J connectivity index is 1.88. The molecule has 0 saturated heterocycles. The van der Waals surface area contributed by atoms with Crippen LogP contribution in [0.3, 0.4) is 0 Å². The second kappa shape index (κ2) is 7.24. The molecule has 2 N–H and O–H groups in total. The van der Waals surface area contributed by atoms with Crippen LogP contribution in [-0.4, -0.2) is 15.0 Å². The predicted octanol–water partition coefficient (Wildman–Crippen LogP) is 3.93. The molecule has 3 aromatic rings. The molecule has 0 unspecified atom stereocenters. The van der Waals surface area contributed by atoms with Gasteiger partial charge in [0.05, 0.1) is 0 Å². The Bertz CT molecular complexity index is 757. The van der Waals surface area contributed by atoms with E-state index >= 15 is 0 Å². The monoisotopic (exact) mass is 320 g/mol. The Kier molecular flexibility index (Phi) is 4.66. The van der Waals surface area contributed by atoms with Crippen molar-refractivity contribution in [2.75, 3.05) is 10.6 Å². The molecule has 0 bridgehead atoms. The number of thioether (sulfide) groups is 1. The maximum Gasteiger partial charge on any atom is 0.233 e. The number of rotatable bonds is 5. The second-order valence-electron chi connectivity index (χ2n) is 4.44. The number of nitrogens with one attached hydrogen (secondary N) is 2. The Morgan fingerprint density at radius 2 is 1.22 bits per heavy atom. The summed E-state index contributed by atoms with van der Waals surface area (Å²) in [6, 6.07) is 19.1. The highest BCUT2D eigenvalue weighted by molar-refractivity contribution is 8.03. The lowest BCUT2D eigenvalue weighted by Crippen LogP contribution is -2.04. The van der Waals surface area contributed by atoms with Gasteiger partial charge < -0.3 is 10.6 Å². The number of aromatic nitrogens is 3. The minimum absolute atomic E-state index is 0.333. The van der Waals surface area contributed by atoms with Crippen LogP contribution in [0.15, 0.2) is 65.8 Å². The van der Waals surface area contributed by atoms with Crippen molar-refractivity contribution in [2.24, 2.45) is 0 Å². The highest BCUT2D eigenvalue weighted by atomic mass is 32.2. The van der Waals surface area contributed by atoms with E-state index in [2.05, 4.69) is 25.6 Å². The van der Waals surface area contributed by atoms with Crippen LogP contribution >= 0.6 is 11.8 Å². The van der Waals surface area contributed by atoms with Gasteiger partial charge in [-0.1, -0.05) is 36.4 Å². The van der Waals surface area contributed by atoms with E-state index in [1.165, 1.54) is 0 Å². The molecule has 2 aromatic carbocycles. The van der Waals surface area contributed by atoms with Crippen LogP contribution in [0.25, 0.3) is 0 Å². The number of anilines is 4. The molecule has 1 heterocycles. The van der Waals surface area contributed by atoms with Gasteiger partial charge in [-0.15, -0.1) is 0 Å². The first kappa shape index (κ1) is 14.8. The largest absolute Gasteiger partial charge is 0.324 e. The normalized spacial score (nSPS) is 9.87. The van der Waals surface area contributed by atoms with Crippen molar-refractivity contribution in [1.29, 1.82) is 5.26 Å². The molecular formula is C16H12N6S. The minimum Gasteiger partial charge on any atom is -0.324 e. The zero-order valence-corrected chi connectivity index (χ0v) is 12.8. The first-order chi connectivity index (χ1) is 11.3. The zero-order chi connectivity index (χ0) is 15.9. The van der Waals surface area contributed by atoms with Gasteiger partial charge in [-0.3, -0.25) is 0 Å². The minimum atomic E-state index is 0.333. The lowest BCUT2D eigenvalue weighted by molar-refractivity contribution is 0.923. The lowest BCUT2D eigenvalue weighted by atomic mass is 10.3. The summed E-state index contributed by atoms with van der Waals surface area (Å²) in [4.78, 5) is 12.8. The second-order valence-corrected chi connectivity index (χ2v) is 5.19. The highest BCUT2D eigenvalue weighted by Crippen LogP contribution is 2.20. The topological polar surface area (TPSA) is 86.5 Å². The van der Waals surface area contributed by atoms with Crippen LogP contribution in [-0.2, 0) is 0 Å². The van der Waals surface area contributed by atoms with Gasteiger partial charge in [-0.25, -0.2) is 0 Å². The molecule has 0 aliphatic rings. The van der Waals surface area contributed by atoms with Gasteiger partial charge in [0.1, 0.15) is 5.40 Å². The molecule has 0 aliphatic heterocycles. The number of para-hydroxylation sites is 2. The lowest BCUT2D eigenvalue weighted by Gasteiger charge is -2.09. The Labute approximate surface area is 137 Å². The third-order valence-corrected chi connectivity index (χ3v) is 3.27. The van der Waals surface area contributed by atoms with Crippen LogP contribution in [0, 0.1) is 10.7 Å². The van der Waals surface area contributed by atoms with Gasteiger partial charge in [0.2, 0.25) is 17.1 Å². The number of hydrogen-bond acceptors (Lipinski definition) is 7. The number of hydrogen-bond donors (Lipinski definition) is 2. The molecule has 23 heavy (non-hydrogen) atoms. The molecule has 0 radical (unpaired) electrons. The Hall–Kier alpha value is -3.11. The number of nitriles is 1. The summed E-state index contributed by atoms with van der Waals surface area (Å²) in [6.45, 7) is 0. The number of benzene rings is 2. The van der Waals surface area contributed by atoms with Gasteiger partial charge >= 0.3 is 0 Å². The van der Waals surface area contributed by atoms with Crippen molar-refractivity contribution < 1.29 is 0 Å². The molecule has 112 valence electrons. The van der Waals surface area contributed by atoms with Gasteiger partial charge in [0.15, 0.2) is 0 Å². The summed E-state index contributed by atoms with van der Waals surface area (Å²) in [7, 11) is 0.